The fourth-order valence-corrected chi connectivity index (χ4v) is 4.38. The molecule has 1 N–H and O–H groups in total. The van der Waals surface area contributed by atoms with Crippen LogP contribution < -0.4 is 5.32 Å². The largest absolute Gasteiger partial charge is 0.316 e. The molecule has 0 radical (unpaired) electrons. The number of fused-ring (bicyclic) bond motifs is 1. The SMILES string of the molecule is Cc1sc(NC(=O)CSc2cccc3ccccc23)c(C#N)c1C. The highest BCUT2D eigenvalue weighted by Gasteiger charge is 2.15. The zero-order valence-corrected chi connectivity index (χ0v) is 15.1. The molecule has 0 aliphatic carbocycles. The molecule has 1 aromatic heterocycles. The fourth-order valence-electron chi connectivity index (χ4n) is 2.48. The van der Waals surface area contributed by atoms with E-state index in [-0.39, 0.29) is 5.91 Å². The van der Waals surface area contributed by atoms with E-state index in [1.807, 2.05) is 38.1 Å². The standard InChI is InChI=1S/C19H16N2OS2/c1-12-13(2)24-19(16(12)10-20)21-18(22)11-23-17-9-5-7-14-6-3-4-8-15(14)17/h3-9H,11H2,1-2H3,(H,21,22). The zero-order valence-electron chi connectivity index (χ0n) is 13.4. The van der Waals surface area contributed by atoms with Crippen molar-refractivity contribution in [3.63, 3.8) is 0 Å². The van der Waals surface area contributed by atoms with Crippen LogP contribution in [-0.4, -0.2) is 11.7 Å². The summed E-state index contributed by atoms with van der Waals surface area (Å²) in [5.41, 5.74) is 1.51. The summed E-state index contributed by atoms with van der Waals surface area (Å²) in [6.07, 6.45) is 0. The molecule has 24 heavy (non-hydrogen) atoms. The maximum atomic E-state index is 12.3. The Balaban J connectivity index is 1.72. The number of nitriles is 1. The topological polar surface area (TPSA) is 52.9 Å². The number of hydrogen-bond acceptors (Lipinski definition) is 4. The first-order valence-electron chi connectivity index (χ1n) is 7.50. The Bertz CT molecular complexity index is 948. The summed E-state index contributed by atoms with van der Waals surface area (Å²) in [5, 5.41) is 15.1. The maximum absolute atomic E-state index is 12.3. The lowest BCUT2D eigenvalue weighted by molar-refractivity contribution is -0.113. The maximum Gasteiger partial charge on any atom is 0.235 e. The summed E-state index contributed by atoms with van der Waals surface area (Å²) in [7, 11) is 0. The molecule has 5 heteroatoms. The number of nitrogens with one attached hydrogen (secondary N) is 1. The van der Waals surface area contributed by atoms with Crippen molar-refractivity contribution in [1.82, 2.24) is 0 Å². The number of anilines is 1. The van der Waals surface area contributed by atoms with E-state index in [0.717, 1.165) is 20.7 Å². The highest BCUT2D eigenvalue weighted by Crippen LogP contribution is 2.32. The smallest absolute Gasteiger partial charge is 0.235 e. The Kier molecular flexibility index (Phi) is 4.89. The number of nitrogens with zero attached hydrogens (tertiary/aromatic N) is 1. The second-order valence-electron chi connectivity index (χ2n) is 5.41. The number of carbonyl (C=O) groups is 1. The minimum absolute atomic E-state index is 0.0920. The number of aryl methyl sites for hydroxylation is 1. The van der Waals surface area contributed by atoms with Gasteiger partial charge >= 0.3 is 0 Å². The van der Waals surface area contributed by atoms with E-state index < -0.39 is 0 Å². The molecule has 0 atom stereocenters. The molecule has 1 amide bonds. The van der Waals surface area contributed by atoms with Crippen molar-refractivity contribution in [3.05, 3.63) is 58.5 Å². The van der Waals surface area contributed by atoms with Crippen LogP contribution in [0, 0.1) is 25.2 Å². The lowest BCUT2D eigenvalue weighted by Gasteiger charge is -2.07. The van der Waals surface area contributed by atoms with Crippen LogP contribution in [0.2, 0.25) is 0 Å². The molecule has 3 rings (SSSR count). The molecule has 1 heterocycles. The Labute approximate surface area is 149 Å². The van der Waals surface area contributed by atoms with Gasteiger partial charge < -0.3 is 5.32 Å². The first-order valence-corrected chi connectivity index (χ1v) is 9.31. The highest BCUT2D eigenvalue weighted by molar-refractivity contribution is 8.00. The van der Waals surface area contributed by atoms with Gasteiger partial charge in [0.25, 0.3) is 0 Å². The van der Waals surface area contributed by atoms with Crippen LogP contribution in [0.15, 0.2) is 47.4 Å². The van der Waals surface area contributed by atoms with E-state index in [4.69, 9.17) is 0 Å². The third kappa shape index (κ3) is 3.30. The summed E-state index contributed by atoms with van der Waals surface area (Å²) < 4.78 is 0. The lowest BCUT2D eigenvalue weighted by atomic mass is 10.1. The van der Waals surface area contributed by atoms with Gasteiger partial charge in [-0.15, -0.1) is 23.1 Å². The molecule has 0 aliphatic heterocycles. The summed E-state index contributed by atoms with van der Waals surface area (Å²) in [6, 6.07) is 16.4. The number of carbonyl (C=O) groups excluding carboxylic acids is 1. The summed E-state index contributed by atoms with van der Waals surface area (Å²) >= 11 is 2.97. The fraction of sp³-hybridized carbons (Fsp3) is 0.158. The average molecular weight is 352 g/mol. The van der Waals surface area contributed by atoms with Crippen molar-refractivity contribution in [3.8, 4) is 6.07 Å². The van der Waals surface area contributed by atoms with Crippen LogP contribution in [0.3, 0.4) is 0 Å². The van der Waals surface area contributed by atoms with Crippen molar-refractivity contribution in [2.75, 3.05) is 11.1 Å². The minimum Gasteiger partial charge on any atom is -0.316 e. The predicted molar refractivity (Wildman–Crippen MR) is 102 cm³/mol. The zero-order chi connectivity index (χ0) is 17.1. The van der Waals surface area contributed by atoms with Crippen LogP contribution in [-0.2, 0) is 4.79 Å². The Morgan fingerprint density at radius 3 is 2.75 bits per heavy atom. The monoisotopic (exact) mass is 352 g/mol. The number of hydrogen-bond donors (Lipinski definition) is 1. The molecule has 3 nitrogen and oxygen atoms in total. The van der Waals surface area contributed by atoms with Gasteiger partial charge in [-0.25, -0.2) is 0 Å². The third-order valence-electron chi connectivity index (χ3n) is 3.86. The van der Waals surface area contributed by atoms with Crippen molar-refractivity contribution >= 4 is 44.8 Å². The molecule has 120 valence electrons. The van der Waals surface area contributed by atoms with Crippen molar-refractivity contribution < 1.29 is 4.79 Å². The molecule has 2 aromatic carbocycles. The van der Waals surface area contributed by atoms with Crippen LogP contribution in [0.25, 0.3) is 10.8 Å². The van der Waals surface area contributed by atoms with E-state index in [1.165, 1.54) is 28.5 Å². The van der Waals surface area contributed by atoms with Gasteiger partial charge in [0.15, 0.2) is 0 Å². The summed E-state index contributed by atoms with van der Waals surface area (Å²) in [5.74, 6) is 0.222. The average Bonchev–Trinajstić information content (AvgIpc) is 2.86. The molecule has 0 fully saturated rings. The van der Waals surface area contributed by atoms with Crippen LogP contribution in [0.4, 0.5) is 5.00 Å². The molecule has 0 saturated carbocycles. The first kappa shape index (κ1) is 16.6. The van der Waals surface area contributed by atoms with Crippen molar-refractivity contribution in [1.29, 1.82) is 5.26 Å². The van der Waals surface area contributed by atoms with Gasteiger partial charge in [0.1, 0.15) is 11.1 Å². The number of benzene rings is 2. The number of thiophene rings is 1. The first-order chi connectivity index (χ1) is 11.6. The van der Waals surface area contributed by atoms with Gasteiger partial charge in [-0.2, -0.15) is 5.26 Å². The molecular weight excluding hydrogens is 336 g/mol. The van der Waals surface area contributed by atoms with E-state index in [1.54, 1.807) is 0 Å². The van der Waals surface area contributed by atoms with E-state index in [9.17, 15) is 10.1 Å². The summed E-state index contributed by atoms with van der Waals surface area (Å²) in [6.45, 7) is 3.87. The van der Waals surface area contributed by atoms with Gasteiger partial charge in [-0.1, -0.05) is 36.4 Å². The van der Waals surface area contributed by atoms with Crippen molar-refractivity contribution in [2.45, 2.75) is 18.7 Å². The van der Waals surface area contributed by atoms with Gasteiger partial charge in [0.05, 0.1) is 11.3 Å². The molecular formula is C19H16N2OS2. The lowest BCUT2D eigenvalue weighted by Crippen LogP contribution is -2.13. The third-order valence-corrected chi connectivity index (χ3v) is 6.05. The number of thioether (sulfide) groups is 1. The molecule has 3 aromatic rings. The Morgan fingerprint density at radius 1 is 1.21 bits per heavy atom. The van der Waals surface area contributed by atoms with Gasteiger partial charge in [-0.05, 0) is 36.2 Å². The Morgan fingerprint density at radius 2 is 1.96 bits per heavy atom. The van der Waals surface area contributed by atoms with Crippen LogP contribution >= 0.6 is 23.1 Å². The van der Waals surface area contributed by atoms with Gasteiger partial charge in [-0.3, -0.25) is 4.79 Å². The molecule has 0 unspecified atom stereocenters. The second kappa shape index (κ2) is 7.08. The molecule has 0 bridgehead atoms. The van der Waals surface area contributed by atoms with Gasteiger partial charge in [0, 0.05) is 9.77 Å². The molecule has 0 spiro atoms. The van der Waals surface area contributed by atoms with E-state index >= 15 is 0 Å². The number of rotatable bonds is 4. The normalized spacial score (nSPS) is 10.5. The minimum atomic E-state index is -0.0920. The molecule has 0 saturated heterocycles. The predicted octanol–water partition coefficient (Wildman–Crippen LogP) is 5.12. The number of amides is 1. The quantitative estimate of drug-likeness (QED) is 0.663. The van der Waals surface area contributed by atoms with E-state index in [0.29, 0.717) is 16.3 Å². The van der Waals surface area contributed by atoms with Gasteiger partial charge in [0.2, 0.25) is 5.91 Å². The summed E-state index contributed by atoms with van der Waals surface area (Å²) in [4.78, 5) is 14.4. The molecule has 0 aliphatic rings. The van der Waals surface area contributed by atoms with E-state index in [2.05, 4.69) is 29.6 Å². The van der Waals surface area contributed by atoms with Crippen LogP contribution in [0.5, 0.6) is 0 Å². The Hall–Kier alpha value is -2.29. The van der Waals surface area contributed by atoms with Crippen LogP contribution in [0.1, 0.15) is 16.0 Å². The second-order valence-corrected chi connectivity index (χ2v) is 7.66. The van der Waals surface area contributed by atoms with Crippen molar-refractivity contribution in [2.24, 2.45) is 0 Å². The highest BCUT2D eigenvalue weighted by atomic mass is 32.2.